The van der Waals surface area contributed by atoms with E-state index >= 15 is 0 Å². The van der Waals surface area contributed by atoms with Crippen molar-refractivity contribution in [2.24, 2.45) is 5.92 Å². The fourth-order valence-electron chi connectivity index (χ4n) is 4.62. The van der Waals surface area contributed by atoms with Gasteiger partial charge in [0.1, 0.15) is 11.9 Å². The van der Waals surface area contributed by atoms with Crippen molar-refractivity contribution in [3.63, 3.8) is 0 Å². The van der Waals surface area contributed by atoms with E-state index in [1.54, 1.807) is 13.0 Å². The van der Waals surface area contributed by atoms with Crippen LogP contribution in [0.1, 0.15) is 42.5 Å². The number of likely N-dealkylation sites (tertiary alicyclic amines) is 1. The predicted octanol–water partition coefficient (Wildman–Crippen LogP) is 3.93. The maximum absolute atomic E-state index is 13.6. The van der Waals surface area contributed by atoms with Crippen LogP contribution in [0.2, 0.25) is 0 Å². The number of carbonyl (C=O) groups excluding carboxylic acids is 2. The first kappa shape index (κ1) is 21.5. The molecule has 1 N–H and O–H groups in total. The van der Waals surface area contributed by atoms with Crippen LogP contribution in [0.15, 0.2) is 42.5 Å². The first-order chi connectivity index (χ1) is 14.9. The van der Waals surface area contributed by atoms with E-state index in [9.17, 15) is 14.0 Å². The molecule has 2 aliphatic heterocycles. The Labute approximate surface area is 183 Å². The lowest BCUT2D eigenvalue weighted by atomic mass is 9.90. The minimum Gasteiger partial charge on any atom is -0.341 e. The monoisotopic (exact) mass is 423 g/mol. The molecule has 0 aliphatic carbocycles. The van der Waals surface area contributed by atoms with Crippen molar-refractivity contribution >= 4 is 17.5 Å². The number of fused-ring (bicyclic) bond motifs is 1. The van der Waals surface area contributed by atoms with Crippen LogP contribution in [0.4, 0.5) is 10.1 Å². The Balaban J connectivity index is 1.53. The van der Waals surface area contributed by atoms with Crippen molar-refractivity contribution < 1.29 is 14.0 Å². The lowest BCUT2D eigenvalue weighted by Gasteiger charge is -2.40. The average molecular weight is 424 g/mol. The summed E-state index contributed by atoms with van der Waals surface area (Å²) in [5.74, 6) is 0.206. The Hall–Kier alpha value is -2.73. The molecule has 0 aromatic heterocycles. The SMILES string of the molecule is Cc1cc(F)ccc1NC(=O)CN1CCc2ccccc2[C@H]1C(=O)N1CCC(C)CC1. The third-order valence-electron chi connectivity index (χ3n) is 6.52. The van der Waals surface area contributed by atoms with Crippen LogP contribution in [0, 0.1) is 18.7 Å². The number of halogens is 1. The highest BCUT2D eigenvalue weighted by atomic mass is 19.1. The van der Waals surface area contributed by atoms with Crippen molar-refractivity contribution in [1.29, 1.82) is 0 Å². The number of anilines is 1. The molecule has 2 aromatic carbocycles. The zero-order chi connectivity index (χ0) is 22.0. The number of rotatable bonds is 4. The summed E-state index contributed by atoms with van der Waals surface area (Å²) < 4.78 is 13.4. The molecule has 2 aromatic rings. The molecule has 4 rings (SSSR count). The second-order valence-electron chi connectivity index (χ2n) is 8.84. The molecule has 5 nitrogen and oxygen atoms in total. The van der Waals surface area contributed by atoms with Crippen molar-refractivity contribution in [3.05, 3.63) is 65.0 Å². The van der Waals surface area contributed by atoms with Gasteiger partial charge in [-0.25, -0.2) is 4.39 Å². The van der Waals surface area contributed by atoms with Crippen molar-refractivity contribution in [1.82, 2.24) is 9.80 Å². The lowest BCUT2D eigenvalue weighted by molar-refractivity contribution is -0.139. The van der Waals surface area contributed by atoms with E-state index in [0.29, 0.717) is 23.7 Å². The van der Waals surface area contributed by atoms with Gasteiger partial charge in [0.25, 0.3) is 0 Å². The minimum atomic E-state index is -0.446. The third-order valence-corrected chi connectivity index (χ3v) is 6.52. The van der Waals surface area contributed by atoms with E-state index in [4.69, 9.17) is 0 Å². The Morgan fingerprint density at radius 1 is 1.10 bits per heavy atom. The Morgan fingerprint density at radius 2 is 1.84 bits per heavy atom. The largest absolute Gasteiger partial charge is 0.341 e. The molecule has 2 heterocycles. The number of nitrogens with zero attached hydrogens (tertiary/aromatic N) is 2. The fraction of sp³-hybridized carbons (Fsp3) is 0.440. The normalized spacial score (nSPS) is 19.7. The summed E-state index contributed by atoms with van der Waals surface area (Å²) in [5.41, 5.74) is 3.45. The summed E-state index contributed by atoms with van der Waals surface area (Å²) in [7, 11) is 0. The van der Waals surface area contributed by atoms with Gasteiger partial charge in [-0.2, -0.15) is 0 Å². The standard InChI is InChI=1S/C25H30FN3O2/c1-17-9-12-28(13-10-17)25(31)24-21-6-4-3-5-19(21)11-14-29(24)16-23(30)27-22-8-7-20(26)15-18(22)2/h3-8,15,17,24H,9-14,16H2,1-2H3,(H,27,30)/t24-/m0/s1. The molecule has 1 saturated heterocycles. The number of nitrogens with one attached hydrogen (secondary N) is 1. The highest BCUT2D eigenvalue weighted by Crippen LogP contribution is 2.32. The van der Waals surface area contributed by atoms with Gasteiger partial charge in [0, 0.05) is 25.3 Å². The van der Waals surface area contributed by atoms with Crippen LogP contribution in [-0.2, 0) is 16.0 Å². The van der Waals surface area contributed by atoms with Gasteiger partial charge < -0.3 is 10.2 Å². The van der Waals surface area contributed by atoms with Gasteiger partial charge in [0.15, 0.2) is 0 Å². The second-order valence-corrected chi connectivity index (χ2v) is 8.84. The predicted molar refractivity (Wildman–Crippen MR) is 119 cm³/mol. The zero-order valence-corrected chi connectivity index (χ0v) is 18.2. The second kappa shape index (κ2) is 9.18. The van der Waals surface area contributed by atoms with Crippen molar-refractivity contribution in [2.75, 3.05) is 31.5 Å². The maximum atomic E-state index is 13.6. The van der Waals surface area contributed by atoms with Crippen molar-refractivity contribution in [3.8, 4) is 0 Å². The highest BCUT2D eigenvalue weighted by molar-refractivity contribution is 5.93. The molecule has 31 heavy (non-hydrogen) atoms. The Morgan fingerprint density at radius 3 is 2.58 bits per heavy atom. The first-order valence-corrected chi connectivity index (χ1v) is 11.1. The number of carbonyl (C=O) groups is 2. The summed E-state index contributed by atoms with van der Waals surface area (Å²) in [6.07, 6.45) is 2.84. The highest BCUT2D eigenvalue weighted by Gasteiger charge is 2.37. The minimum absolute atomic E-state index is 0.0878. The third kappa shape index (κ3) is 4.79. The van der Waals surface area contributed by atoms with Gasteiger partial charge >= 0.3 is 0 Å². The number of aryl methyl sites for hydroxylation is 1. The van der Waals surface area contributed by atoms with Crippen LogP contribution >= 0.6 is 0 Å². The number of hydrogen-bond acceptors (Lipinski definition) is 3. The van der Waals surface area contributed by atoms with Gasteiger partial charge in [-0.1, -0.05) is 31.2 Å². The van der Waals surface area contributed by atoms with E-state index < -0.39 is 6.04 Å². The first-order valence-electron chi connectivity index (χ1n) is 11.1. The Bertz CT molecular complexity index is 969. The lowest BCUT2D eigenvalue weighted by Crippen LogP contribution is -2.50. The van der Waals surface area contributed by atoms with Crippen LogP contribution in [0.5, 0.6) is 0 Å². The average Bonchev–Trinajstić information content (AvgIpc) is 2.75. The molecule has 2 amide bonds. The van der Waals surface area contributed by atoms with E-state index in [1.807, 2.05) is 28.0 Å². The molecule has 6 heteroatoms. The van der Waals surface area contributed by atoms with E-state index in [1.165, 1.54) is 17.7 Å². The molecule has 0 unspecified atom stereocenters. The summed E-state index contributed by atoms with van der Waals surface area (Å²) in [6, 6.07) is 11.9. The van der Waals surface area contributed by atoms with Crippen LogP contribution in [0.3, 0.4) is 0 Å². The Kier molecular flexibility index (Phi) is 6.37. The fourth-order valence-corrected chi connectivity index (χ4v) is 4.62. The molecular weight excluding hydrogens is 393 g/mol. The number of piperidine rings is 1. The van der Waals surface area contributed by atoms with Crippen LogP contribution in [-0.4, -0.2) is 47.8 Å². The van der Waals surface area contributed by atoms with E-state index in [0.717, 1.165) is 37.9 Å². The molecule has 0 spiro atoms. The van der Waals surface area contributed by atoms with E-state index in [-0.39, 0.29) is 24.2 Å². The molecule has 1 atom stereocenters. The molecule has 0 saturated carbocycles. The quantitative estimate of drug-likeness (QED) is 0.811. The van der Waals surface area contributed by atoms with Gasteiger partial charge in [0.05, 0.1) is 6.54 Å². The number of hydrogen-bond donors (Lipinski definition) is 1. The van der Waals surface area contributed by atoms with Gasteiger partial charge in [-0.15, -0.1) is 0 Å². The van der Waals surface area contributed by atoms with Gasteiger partial charge in [-0.3, -0.25) is 14.5 Å². The molecule has 164 valence electrons. The number of amides is 2. The van der Waals surface area contributed by atoms with Crippen LogP contribution < -0.4 is 5.32 Å². The molecule has 0 bridgehead atoms. The van der Waals surface area contributed by atoms with Crippen molar-refractivity contribution in [2.45, 2.75) is 39.2 Å². The smallest absolute Gasteiger partial charge is 0.244 e. The molecular formula is C25H30FN3O2. The summed E-state index contributed by atoms with van der Waals surface area (Å²) in [5, 5.41) is 2.88. The zero-order valence-electron chi connectivity index (χ0n) is 18.2. The van der Waals surface area contributed by atoms with Gasteiger partial charge in [-0.05, 0) is 67.0 Å². The molecule has 0 radical (unpaired) electrons. The molecule has 1 fully saturated rings. The summed E-state index contributed by atoms with van der Waals surface area (Å²) in [4.78, 5) is 30.4. The summed E-state index contributed by atoms with van der Waals surface area (Å²) >= 11 is 0. The number of benzene rings is 2. The molecule has 2 aliphatic rings. The van der Waals surface area contributed by atoms with Gasteiger partial charge in [0.2, 0.25) is 11.8 Å². The van der Waals surface area contributed by atoms with E-state index in [2.05, 4.69) is 18.3 Å². The van der Waals surface area contributed by atoms with Crippen LogP contribution in [0.25, 0.3) is 0 Å². The topological polar surface area (TPSA) is 52.7 Å². The maximum Gasteiger partial charge on any atom is 0.244 e. The summed E-state index contributed by atoms with van der Waals surface area (Å²) in [6.45, 7) is 6.30.